The van der Waals surface area contributed by atoms with Gasteiger partial charge in [0.2, 0.25) is 0 Å². The van der Waals surface area contributed by atoms with E-state index in [4.69, 9.17) is 5.73 Å². The third kappa shape index (κ3) is 2.65. The maximum Gasteiger partial charge on any atom is 0.135 e. The monoisotopic (exact) mass is 405 g/mol. The van der Waals surface area contributed by atoms with Gasteiger partial charge in [0.05, 0.1) is 15.8 Å². The van der Waals surface area contributed by atoms with Crippen molar-refractivity contribution in [2.75, 3.05) is 5.73 Å². The number of nitrogens with two attached hydrogens (primary N) is 1. The zero-order valence-corrected chi connectivity index (χ0v) is 13.4. The average Bonchev–Trinajstić information content (AvgIpc) is 2.50. The molecule has 0 saturated heterocycles. The van der Waals surface area contributed by atoms with Crippen LogP contribution in [0.1, 0.15) is 16.8 Å². The molecule has 1 heterocycles. The number of aryl methyl sites for hydroxylation is 2. The standard InChI is InChI=1S/C12H13BrIN3/c1-7-3-4-9(10(13)5-7)6-17-12(15)11(14)8(2)16-17/h3-5H,6,15H2,1-2H3. The number of hydrogen-bond acceptors (Lipinski definition) is 2. The minimum absolute atomic E-state index is 0.691. The summed E-state index contributed by atoms with van der Waals surface area (Å²) in [6, 6.07) is 6.30. The van der Waals surface area contributed by atoms with Crippen LogP contribution in [0.4, 0.5) is 5.82 Å². The van der Waals surface area contributed by atoms with E-state index < -0.39 is 0 Å². The van der Waals surface area contributed by atoms with Crippen LogP contribution in [0.5, 0.6) is 0 Å². The summed E-state index contributed by atoms with van der Waals surface area (Å²) in [6.07, 6.45) is 0. The van der Waals surface area contributed by atoms with Crippen LogP contribution in [0.3, 0.4) is 0 Å². The van der Waals surface area contributed by atoms with Crippen molar-refractivity contribution < 1.29 is 0 Å². The number of aromatic nitrogens is 2. The third-order valence-electron chi connectivity index (χ3n) is 2.62. The molecule has 17 heavy (non-hydrogen) atoms. The van der Waals surface area contributed by atoms with E-state index in [-0.39, 0.29) is 0 Å². The number of halogens is 2. The topological polar surface area (TPSA) is 43.8 Å². The number of anilines is 1. The van der Waals surface area contributed by atoms with Gasteiger partial charge in [0.15, 0.2) is 0 Å². The quantitative estimate of drug-likeness (QED) is 0.777. The number of nitrogen functional groups attached to an aromatic ring is 1. The molecule has 0 aliphatic carbocycles. The predicted molar refractivity (Wildman–Crippen MR) is 82.1 cm³/mol. The summed E-state index contributed by atoms with van der Waals surface area (Å²) < 4.78 is 3.97. The van der Waals surface area contributed by atoms with Gasteiger partial charge < -0.3 is 5.73 Å². The Morgan fingerprint density at radius 1 is 1.41 bits per heavy atom. The number of nitrogens with zero attached hydrogens (tertiary/aromatic N) is 2. The molecule has 0 unspecified atom stereocenters. The number of benzene rings is 1. The Labute approximate surface area is 123 Å². The maximum atomic E-state index is 6.01. The summed E-state index contributed by atoms with van der Waals surface area (Å²) in [7, 11) is 0. The number of rotatable bonds is 2. The molecule has 0 bridgehead atoms. The van der Waals surface area contributed by atoms with E-state index in [1.165, 1.54) is 11.1 Å². The fraction of sp³-hybridized carbons (Fsp3) is 0.250. The van der Waals surface area contributed by atoms with Crippen LogP contribution < -0.4 is 5.73 Å². The third-order valence-corrected chi connectivity index (χ3v) is 4.69. The summed E-state index contributed by atoms with van der Waals surface area (Å²) in [5.41, 5.74) is 9.40. The highest BCUT2D eigenvalue weighted by Crippen LogP contribution is 2.23. The van der Waals surface area contributed by atoms with E-state index >= 15 is 0 Å². The average molecular weight is 406 g/mol. The van der Waals surface area contributed by atoms with E-state index in [2.05, 4.69) is 68.7 Å². The highest BCUT2D eigenvalue weighted by Gasteiger charge is 2.10. The summed E-state index contributed by atoms with van der Waals surface area (Å²) >= 11 is 5.80. The van der Waals surface area contributed by atoms with Crippen molar-refractivity contribution in [1.82, 2.24) is 9.78 Å². The van der Waals surface area contributed by atoms with E-state index in [0.29, 0.717) is 6.54 Å². The smallest absolute Gasteiger partial charge is 0.135 e. The van der Waals surface area contributed by atoms with Gasteiger partial charge in [-0.3, -0.25) is 0 Å². The Hall–Kier alpha value is -0.560. The van der Waals surface area contributed by atoms with Crippen LogP contribution in [0, 0.1) is 17.4 Å². The molecule has 0 amide bonds. The SMILES string of the molecule is Cc1ccc(Cn2nc(C)c(I)c2N)c(Br)c1. The van der Waals surface area contributed by atoms with Gasteiger partial charge in [-0.1, -0.05) is 28.1 Å². The first kappa shape index (κ1) is 12.9. The maximum absolute atomic E-state index is 6.01. The molecule has 3 nitrogen and oxygen atoms in total. The first-order chi connectivity index (χ1) is 7.99. The Kier molecular flexibility index (Phi) is 3.77. The Bertz CT molecular complexity index is 563. The van der Waals surface area contributed by atoms with Crippen LogP contribution in [0.2, 0.25) is 0 Å². The molecule has 0 saturated carbocycles. The molecule has 2 N–H and O–H groups in total. The predicted octanol–water partition coefficient (Wildman–Crippen LogP) is 3.50. The first-order valence-corrected chi connectivity index (χ1v) is 7.09. The Balaban J connectivity index is 2.34. The molecule has 2 aromatic rings. The lowest BCUT2D eigenvalue weighted by Gasteiger charge is -2.07. The normalized spacial score (nSPS) is 10.8. The largest absolute Gasteiger partial charge is 0.383 e. The van der Waals surface area contributed by atoms with E-state index in [9.17, 15) is 0 Å². The van der Waals surface area contributed by atoms with Gasteiger partial charge in [-0.2, -0.15) is 5.10 Å². The van der Waals surface area contributed by atoms with E-state index in [1.54, 1.807) is 0 Å². The lowest BCUT2D eigenvalue weighted by Crippen LogP contribution is -2.06. The van der Waals surface area contributed by atoms with Crippen LogP contribution in [-0.2, 0) is 6.54 Å². The van der Waals surface area contributed by atoms with Crippen molar-refractivity contribution in [1.29, 1.82) is 0 Å². The van der Waals surface area contributed by atoms with Crippen LogP contribution in [0.25, 0.3) is 0 Å². The molecule has 0 radical (unpaired) electrons. The van der Waals surface area contributed by atoms with Crippen molar-refractivity contribution in [2.24, 2.45) is 0 Å². The van der Waals surface area contributed by atoms with Gasteiger partial charge in [-0.15, -0.1) is 0 Å². The zero-order chi connectivity index (χ0) is 12.6. The Morgan fingerprint density at radius 3 is 2.65 bits per heavy atom. The van der Waals surface area contributed by atoms with Crippen molar-refractivity contribution in [3.8, 4) is 0 Å². The Morgan fingerprint density at radius 2 is 2.12 bits per heavy atom. The summed E-state index contributed by atoms with van der Waals surface area (Å²) in [5.74, 6) is 0.732. The summed E-state index contributed by atoms with van der Waals surface area (Å²) in [6.45, 7) is 4.74. The highest BCUT2D eigenvalue weighted by molar-refractivity contribution is 14.1. The van der Waals surface area contributed by atoms with Gasteiger partial charge in [-0.05, 0) is 53.6 Å². The molecule has 1 aromatic heterocycles. The second-order valence-corrected chi connectivity index (χ2v) is 5.97. The fourth-order valence-electron chi connectivity index (χ4n) is 1.64. The van der Waals surface area contributed by atoms with Crippen molar-refractivity contribution in [3.05, 3.63) is 43.1 Å². The second-order valence-electron chi connectivity index (χ2n) is 4.04. The van der Waals surface area contributed by atoms with E-state index in [0.717, 1.165) is 19.6 Å². The molecule has 90 valence electrons. The van der Waals surface area contributed by atoms with Gasteiger partial charge in [0.25, 0.3) is 0 Å². The summed E-state index contributed by atoms with van der Waals surface area (Å²) in [4.78, 5) is 0. The van der Waals surface area contributed by atoms with Crippen molar-refractivity contribution >= 4 is 44.3 Å². The molecular weight excluding hydrogens is 393 g/mol. The van der Waals surface area contributed by atoms with Crippen molar-refractivity contribution in [3.63, 3.8) is 0 Å². The lowest BCUT2D eigenvalue weighted by molar-refractivity contribution is 0.687. The van der Waals surface area contributed by atoms with Crippen LogP contribution in [-0.4, -0.2) is 9.78 Å². The van der Waals surface area contributed by atoms with Gasteiger partial charge in [-0.25, -0.2) is 4.68 Å². The molecule has 0 aliphatic rings. The molecule has 1 aromatic carbocycles. The molecule has 0 aliphatic heterocycles. The molecule has 0 atom stereocenters. The molecule has 0 spiro atoms. The number of hydrogen-bond donors (Lipinski definition) is 1. The summed E-state index contributed by atoms with van der Waals surface area (Å²) in [5, 5.41) is 4.43. The van der Waals surface area contributed by atoms with E-state index in [1.807, 2.05) is 11.6 Å². The molecule has 2 rings (SSSR count). The van der Waals surface area contributed by atoms with Crippen molar-refractivity contribution in [2.45, 2.75) is 20.4 Å². The molecule has 0 fully saturated rings. The molecule has 5 heteroatoms. The van der Waals surface area contributed by atoms with Gasteiger partial charge in [0.1, 0.15) is 5.82 Å². The van der Waals surface area contributed by atoms with Crippen LogP contribution in [0.15, 0.2) is 22.7 Å². The second kappa shape index (κ2) is 4.97. The van der Waals surface area contributed by atoms with Crippen LogP contribution >= 0.6 is 38.5 Å². The highest BCUT2D eigenvalue weighted by atomic mass is 127. The fourth-order valence-corrected chi connectivity index (χ4v) is 2.64. The zero-order valence-electron chi connectivity index (χ0n) is 9.67. The van der Waals surface area contributed by atoms with Gasteiger partial charge in [0, 0.05) is 4.47 Å². The minimum atomic E-state index is 0.691. The van der Waals surface area contributed by atoms with Gasteiger partial charge >= 0.3 is 0 Å². The molecular formula is C12H13BrIN3. The minimum Gasteiger partial charge on any atom is -0.383 e. The first-order valence-electron chi connectivity index (χ1n) is 5.22. The lowest BCUT2D eigenvalue weighted by atomic mass is 10.1.